The molecule has 2 aromatic rings. The maximum atomic E-state index is 13.2. The SMILES string of the molecule is CC(C)N(Cc1ccccc1)C(=O)C(C)(C)C(=O)NCc1ccc(Cl)cc1. The van der Waals surface area contributed by atoms with Crippen LogP contribution in [0.2, 0.25) is 5.02 Å². The molecule has 0 bridgehead atoms. The maximum absolute atomic E-state index is 13.2. The molecule has 27 heavy (non-hydrogen) atoms. The predicted molar refractivity (Wildman–Crippen MR) is 109 cm³/mol. The number of halogens is 1. The van der Waals surface area contributed by atoms with Gasteiger partial charge in [0, 0.05) is 24.2 Å². The molecule has 0 aromatic heterocycles. The Bertz CT molecular complexity index is 771. The van der Waals surface area contributed by atoms with Crippen LogP contribution in [0.5, 0.6) is 0 Å². The van der Waals surface area contributed by atoms with Crippen LogP contribution in [0, 0.1) is 5.41 Å². The molecule has 0 unspecified atom stereocenters. The zero-order valence-corrected chi connectivity index (χ0v) is 17.1. The largest absolute Gasteiger partial charge is 0.351 e. The average molecular weight is 387 g/mol. The van der Waals surface area contributed by atoms with Crippen molar-refractivity contribution in [2.24, 2.45) is 5.41 Å². The number of carbonyl (C=O) groups excluding carboxylic acids is 2. The van der Waals surface area contributed by atoms with Crippen LogP contribution >= 0.6 is 11.6 Å². The maximum Gasteiger partial charge on any atom is 0.238 e. The summed E-state index contributed by atoms with van der Waals surface area (Å²) in [5, 5.41) is 3.52. The molecule has 0 aliphatic heterocycles. The van der Waals surface area contributed by atoms with E-state index in [4.69, 9.17) is 11.6 Å². The summed E-state index contributed by atoms with van der Waals surface area (Å²) < 4.78 is 0. The van der Waals surface area contributed by atoms with E-state index < -0.39 is 5.41 Å². The highest BCUT2D eigenvalue weighted by molar-refractivity contribution is 6.30. The lowest BCUT2D eigenvalue weighted by Crippen LogP contribution is -2.51. The van der Waals surface area contributed by atoms with Gasteiger partial charge in [0.15, 0.2) is 0 Å². The molecule has 2 rings (SSSR count). The number of carbonyl (C=O) groups is 2. The molecule has 0 atom stereocenters. The molecule has 4 nitrogen and oxygen atoms in total. The Kier molecular flexibility index (Phi) is 7.03. The molecule has 2 aromatic carbocycles. The van der Waals surface area contributed by atoms with Crippen LogP contribution in [0.4, 0.5) is 0 Å². The van der Waals surface area contributed by atoms with Crippen LogP contribution < -0.4 is 5.32 Å². The van der Waals surface area contributed by atoms with Crippen LogP contribution in [0.15, 0.2) is 54.6 Å². The van der Waals surface area contributed by atoms with Gasteiger partial charge in [0.05, 0.1) is 0 Å². The van der Waals surface area contributed by atoms with Crippen LogP contribution in [0.1, 0.15) is 38.8 Å². The highest BCUT2D eigenvalue weighted by Gasteiger charge is 2.39. The highest BCUT2D eigenvalue weighted by atomic mass is 35.5. The quantitative estimate of drug-likeness (QED) is 0.716. The third-order valence-corrected chi connectivity index (χ3v) is 4.80. The molecule has 0 heterocycles. The standard InChI is InChI=1S/C22H27ClN2O2/c1-16(2)25(15-18-8-6-5-7-9-18)21(27)22(3,4)20(26)24-14-17-10-12-19(23)13-11-17/h5-13,16H,14-15H2,1-4H3,(H,24,26). The van der Waals surface area contributed by atoms with E-state index >= 15 is 0 Å². The van der Waals surface area contributed by atoms with Crippen molar-refractivity contribution in [3.63, 3.8) is 0 Å². The fraction of sp³-hybridized carbons (Fsp3) is 0.364. The van der Waals surface area contributed by atoms with Crippen LogP contribution in [-0.2, 0) is 22.7 Å². The lowest BCUT2D eigenvalue weighted by atomic mass is 9.89. The van der Waals surface area contributed by atoms with Crippen molar-refractivity contribution in [1.82, 2.24) is 10.2 Å². The predicted octanol–water partition coefficient (Wildman–Crippen LogP) is 4.42. The van der Waals surface area contributed by atoms with Gasteiger partial charge in [-0.1, -0.05) is 54.1 Å². The van der Waals surface area contributed by atoms with Gasteiger partial charge in [-0.05, 0) is 51.0 Å². The topological polar surface area (TPSA) is 49.4 Å². The molecular weight excluding hydrogens is 360 g/mol. The monoisotopic (exact) mass is 386 g/mol. The molecule has 0 aliphatic rings. The van der Waals surface area contributed by atoms with Crippen LogP contribution in [0.25, 0.3) is 0 Å². The fourth-order valence-electron chi connectivity index (χ4n) is 2.73. The third-order valence-electron chi connectivity index (χ3n) is 4.55. The molecule has 0 radical (unpaired) electrons. The Morgan fingerprint density at radius 2 is 1.59 bits per heavy atom. The lowest BCUT2D eigenvalue weighted by Gasteiger charge is -2.34. The second kappa shape index (κ2) is 9.05. The van der Waals surface area contributed by atoms with Crippen molar-refractivity contribution in [3.8, 4) is 0 Å². The van der Waals surface area contributed by atoms with E-state index in [-0.39, 0.29) is 17.9 Å². The molecule has 0 saturated heterocycles. The van der Waals surface area contributed by atoms with Crippen LogP contribution in [0.3, 0.4) is 0 Å². The minimum atomic E-state index is -1.16. The molecule has 1 N–H and O–H groups in total. The van der Waals surface area contributed by atoms with E-state index in [0.29, 0.717) is 18.1 Å². The summed E-state index contributed by atoms with van der Waals surface area (Å²) in [7, 11) is 0. The van der Waals surface area contributed by atoms with E-state index in [9.17, 15) is 9.59 Å². The Morgan fingerprint density at radius 1 is 1.00 bits per heavy atom. The Morgan fingerprint density at radius 3 is 2.15 bits per heavy atom. The molecule has 0 aliphatic carbocycles. The lowest BCUT2D eigenvalue weighted by molar-refractivity contribution is -0.150. The number of benzene rings is 2. The molecule has 2 amide bonds. The Balaban J connectivity index is 2.07. The second-order valence-electron chi connectivity index (χ2n) is 7.45. The summed E-state index contributed by atoms with van der Waals surface area (Å²) in [5.41, 5.74) is 0.809. The van der Waals surface area contributed by atoms with Crippen LogP contribution in [-0.4, -0.2) is 22.8 Å². The highest BCUT2D eigenvalue weighted by Crippen LogP contribution is 2.23. The Labute approximate surface area is 166 Å². The van der Waals surface area contributed by atoms with Crippen molar-refractivity contribution in [1.29, 1.82) is 0 Å². The second-order valence-corrected chi connectivity index (χ2v) is 7.88. The minimum absolute atomic E-state index is 0.0129. The minimum Gasteiger partial charge on any atom is -0.351 e. The van der Waals surface area contributed by atoms with Gasteiger partial charge >= 0.3 is 0 Å². The molecule has 0 fully saturated rings. The van der Waals surface area contributed by atoms with Gasteiger partial charge in [0.1, 0.15) is 5.41 Å². The van der Waals surface area contributed by atoms with E-state index in [2.05, 4.69) is 5.32 Å². The average Bonchev–Trinajstić information content (AvgIpc) is 2.65. The van der Waals surface area contributed by atoms with E-state index in [1.54, 1.807) is 30.9 Å². The number of amides is 2. The number of rotatable bonds is 7. The first kappa shape index (κ1) is 21.0. The third kappa shape index (κ3) is 5.57. The summed E-state index contributed by atoms with van der Waals surface area (Å²) in [6.45, 7) is 8.10. The van der Waals surface area contributed by atoms with Gasteiger partial charge in [-0.2, -0.15) is 0 Å². The van der Waals surface area contributed by atoms with Gasteiger partial charge in [-0.25, -0.2) is 0 Å². The normalized spacial score (nSPS) is 11.3. The summed E-state index contributed by atoms with van der Waals surface area (Å²) in [6, 6.07) is 17.1. The zero-order chi connectivity index (χ0) is 20.0. The van der Waals surface area contributed by atoms with Crippen molar-refractivity contribution in [2.75, 3.05) is 0 Å². The van der Waals surface area contributed by atoms with Gasteiger partial charge in [0.25, 0.3) is 0 Å². The van der Waals surface area contributed by atoms with E-state index in [1.807, 2.05) is 56.3 Å². The molecule has 0 saturated carbocycles. The van der Waals surface area contributed by atoms with Gasteiger partial charge in [0.2, 0.25) is 11.8 Å². The zero-order valence-electron chi connectivity index (χ0n) is 16.3. The van der Waals surface area contributed by atoms with Gasteiger partial charge < -0.3 is 10.2 Å². The Hall–Kier alpha value is -2.33. The van der Waals surface area contributed by atoms with E-state index in [0.717, 1.165) is 11.1 Å². The number of nitrogens with one attached hydrogen (secondary N) is 1. The molecule has 144 valence electrons. The van der Waals surface area contributed by atoms with Crippen molar-refractivity contribution < 1.29 is 9.59 Å². The molecule has 0 spiro atoms. The first-order chi connectivity index (χ1) is 12.7. The van der Waals surface area contributed by atoms with Gasteiger partial charge in [-0.3, -0.25) is 9.59 Å². The van der Waals surface area contributed by atoms with E-state index in [1.165, 1.54) is 0 Å². The first-order valence-corrected chi connectivity index (χ1v) is 9.47. The van der Waals surface area contributed by atoms with Crippen molar-refractivity contribution in [2.45, 2.75) is 46.8 Å². The van der Waals surface area contributed by atoms with Crippen molar-refractivity contribution in [3.05, 3.63) is 70.7 Å². The molecule has 5 heteroatoms. The number of hydrogen-bond donors (Lipinski definition) is 1. The summed E-state index contributed by atoms with van der Waals surface area (Å²) in [5.74, 6) is -0.476. The van der Waals surface area contributed by atoms with Gasteiger partial charge in [-0.15, -0.1) is 0 Å². The summed E-state index contributed by atoms with van der Waals surface area (Å²) >= 11 is 5.88. The first-order valence-electron chi connectivity index (χ1n) is 9.09. The smallest absolute Gasteiger partial charge is 0.238 e. The van der Waals surface area contributed by atoms with Crippen molar-refractivity contribution >= 4 is 23.4 Å². The summed E-state index contributed by atoms with van der Waals surface area (Å²) in [4.78, 5) is 27.6. The number of nitrogens with zero attached hydrogens (tertiary/aromatic N) is 1. The number of hydrogen-bond acceptors (Lipinski definition) is 2. The fourth-order valence-corrected chi connectivity index (χ4v) is 2.86. The molecular formula is C22H27ClN2O2. The summed E-state index contributed by atoms with van der Waals surface area (Å²) in [6.07, 6.45) is 0.